The van der Waals surface area contributed by atoms with Crippen LogP contribution in [0.4, 0.5) is 11.8 Å². The molecule has 0 spiro atoms. The molecule has 0 bridgehead atoms. The second-order valence-electron chi connectivity index (χ2n) is 10.2. The standard InChI is InChI=1S/C29H37ClN4O8S/c1-20(2)16-34(43(37,38)23-7-5-4-6-8-23)28-27(42-26-15-22(39-3)9-10-24(26)30)25(19-41-18-21(36)17-35)31-29(32-28)33-11-13-40-14-12-33/h4-10,15,20-21,35-36H,11-14,16-19H2,1-3H3. The minimum Gasteiger partial charge on any atom is -0.497 e. The number of benzene rings is 2. The first-order valence-electron chi connectivity index (χ1n) is 13.8. The van der Waals surface area contributed by atoms with E-state index in [1.54, 1.807) is 36.4 Å². The van der Waals surface area contributed by atoms with Crippen molar-refractivity contribution >= 4 is 33.4 Å². The first kappa shape index (κ1) is 32.7. The predicted molar refractivity (Wildman–Crippen MR) is 162 cm³/mol. The highest BCUT2D eigenvalue weighted by molar-refractivity contribution is 7.92. The van der Waals surface area contributed by atoms with Crippen LogP contribution in [0.5, 0.6) is 17.2 Å². The highest BCUT2D eigenvalue weighted by atomic mass is 35.5. The van der Waals surface area contributed by atoms with Crippen LogP contribution in [0.3, 0.4) is 0 Å². The number of aliphatic hydroxyl groups is 2. The van der Waals surface area contributed by atoms with Gasteiger partial charge in [0.2, 0.25) is 5.95 Å². The quantitative estimate of drug-likeness (QED) is 0.268. The first-order valence-corrected chi connectivity index (χ1v) is 15.6. The minimum atomic E-state index is -4.14. The van der Waals surface area contributed by atoms with Crippen LogP contribution in [0.1, 0.15) is 19.5 Å². The van der Waals surface area contributed by atoms with Crippen LogP contribution in [0.25, 0.3) is 0 Å². The van der Waals surface area contributed by atoms with Crippen molar-refractivity contribution < 1.29 is 37.6 Å². The number of nitrogens with zero attached hydrogens (tertiary/aromatic N) is 4. The van der Waals surface area contributed by atoms with Gasteiger partial charge in [0.1, 0.15) is 23.3 Å². The Hall–Kier alpha value is -3.20. The number of aliphatic hydroxyl groups excluding tert-OH is 2. The molecule has 1 aliphatic heterocycles. The smallest absolute Gasteiger partial charge is 0.265 e. The van der Waals surface area contributed by atoms with E-state index >= 15 is 0 Å². The second kappa shape index (κ2) is 15.0. The molecule has 0 aliphatic carbocycles. The molecule has 1 atom stereocenters. The summed E-state index contributed by atoms with van der Waals surface area (Å²) < 4.78 is 52.6. The largest absolute Gasteiger partial charge is 0.497 e. The molecule has 2 aromatic carbocycles. The fourth-order valence-electron chi connectivity index (χ4n) is 4.24. The molecule has 1 saturated heterocycles. The molecule has 3 aromatic rings. The van der Waals surface area contributed by atoms with Gasteiger partial charge in [-0.3, -0.25) is 0 Å². The Morgan fingerprint density at radius 3 is 2.49 bits per heavy atom. The molecular formula is C29H37ClN4O8S. The van der Waals surface area contributed by atoms with Crippen LogP contribution < -0.4 is 18.7 Å². The predicted octanol–water partition coefficient (Wildman–Crippen LogP) is 3.49. The van der Waals surface area contributed by atoms with E-state index in [9.17, 15) is 18.6 Å². The van der Waals surface area contributed by atoms with E-state index in [-0.39, 0.29) is 64.6 Å². The highest BCUT2D eigenvalue weighted by Gasteiger charge is 2.33. The normalized spacial score (nSPS) is 14.5. The van der Waals surface area contributed by atoms with Crippen LogP contribution in [0, 0.1) is 5.92 Å². The van der Waals surface area contributed by atoms with Crippen LogP contribution >= 0.6 is 11.6 Å². The molecule has 0 amide bonds. The monoisotopic (exact) mass is 636 g/mol. The number of hydrogen-bond donors (Lipinski definition) is 2. The number of aromatic nitrogens is 2. The SMILES string of the molecule is COc1ccc(Cl)c(Oc2c(COCC(O)CO)nc(N3CCOCC3)nc2N(CC(C)C)S(=O)(=O)c2ccccc2)c1. The van der Waals surface area contributed by atoms with Crippen LogP contribution in [-0.2, 0) is 26.1 Å². The van der Waals surface area contributed by atoms with Gasteiger partial charge in [-0.05, 0) is 30.2 Å². The summed E-state index contributed by atoms with van der Waals surface area (Å²) in [5.74, 6) is 0.809. The van der Waals surface area contributed by atoms with Crippen molar-refractivity contribution in [3.63, 3.8) is 0 Å². The van der Waals surface area contributed by atoms with E-state index in [1.807, 2.05) is 18.7 Å². The third-order valence-corrected chi connectivity index (χ3v) is 8.49. The molecule has 14 heteroatoms. The third kappa shape index (κ3) is 8.25. The fraction of sp³-hybridized carbons (Fsp3) is 0.448. The zero-order valence-corrected chi connectivity index (χ0v) is 25.9. The average Bonchev–Trinajstić information content (AvgIpc) is 3.02. The molecule has 12 nitrogen and oxygen atoms in total. The molecule has 43 heavy (non-hydrogen) atoms. The number of hydrogen-bond acceptors (Lipinski definition) is 11. The number of anilines is 2. The number of halogens is 1. The lowest BCUT2D eigenvalue weighted by Crippen LogP contribution is -2.39. The van der Waals surface area contributed by atoms with Gasteiger partial charge in [-0.1, -0.05) is 43.6 Å². The van der Waals surface area contributed by atoms with E-state index in [4.69, 9.17) is 40.5 Å². The number of sulfonamides is 1. The van der Waals surface area contributed by atoms with Crippen molar-refractivity contribution in [3.8, 4) is 17.2 Å². The van der Waals surface area contributed by atoms with Gasteiger partial charge in [-0.2, -0.15) is 4.98 Å². The Kier molecular flexibility index (Phi) is 11.4. The van der Waals surface area contributed by atoms with Crippen LogP contribution in [0.15, 0.2) is 53.4 Å². The summed E-state index contributed by atoms with van der Waals surface area (Å²) in [6.07, 6.45) is -1.12. The Labute approximate surface area is 256 Å². The fourth-order valence-corrected chi connectivity index (χ4v) is 6.00. The van der Waals surface area contributed by atoms with Crippen LogP contribution in [0.2, 0.25) is 5.02 Å². The van der Waals surface area contributed by atoms with E-state index < -0.39 is 22.7 Å². The Morgan fingerprint density at radius 1 is 1.12 bits per heavy atom. The zero-order valence-electron chi connectivity index (χ0n) is 24.3. The lowest BCUT2D eigenvalue weighted by molar-refractivity contribution is -0.00121. The van der Waals surface area contributed by atoms with E-state index in [0.29, 0.717) is 32.1 Å². The van der Waals surface area contributed by atoms with Gasteiger partial charge in [-0.15, -0.1) is 0 Å². The maximum Gasteiger partial charge on any atom is 0.265 e. The van der Waals surface area contributed by atoms with Crippen molar-refractivity contribution in [1.82, 2.24) is 9.97 Å². The number of morpholine rings is 1. The minimum absolute atomic E-state index is 0.00534. The molecule has 0 radical (unpaired) electrons. The maximum absolute atomic E-state index is 14.2. The lowest BCUT2D eigenvalue weighted by Gasteiger charge is -2.31. The molecule has 1 aliphatic rings. The first-order chi connectivity index (χ1) is 20.6. The topological polar surface area (TPSA) is 144 Å². The van der Waals surface area contributed by atoms with Crippen molar-refractivity contribution in [2.75, 3.05) is 62.4 Å². The van der Waals surface area contributed by atoms with Gasteiger partial charge in [0, 0.05) is 25.7 Å². The average molecular weight is 637 g/mol. The molecule has 2 N–H and O–H groups in total. The summed E-state index contributed by atoms with van der Waals surface area (Å²) in [7, 11) is -2.64. The van der Waals surface area contributed by atoms with Gasteiger partial charge >= 0.3 is 0 Å². The van der Waals surface area contributed by atoms with Crippen molar-refractivity contribution in [2.24, 2.45) is 5.92 Å². The third-order valence-electron chi connectivity index (χ3n) is 6.41. The summed E-state index contributed by atoms with van der Waals surface area (Å²) in [4.78, 5) is 11.5. The molecule has 2 heterocycles. The van der Waals surface area contributed by atoms with Gasteiger partial charge in [0.05, 0.1) is 50.1 Å². The highest BCUT2D eigenvalue weighted by Crippen LogP contribution is 2.41. The van der Waals surface area contributed by atoms with E-state index in [0.717, 1.165) is 0 Å². The Bertz CT molecular complexity index is 1460. The second-order valence-corrected chi connectivity index (χ2v) is 12.5. The summed E-state index contributed by atoms with van der Waals surface area (Å²) >= 11 is 6.51. The molecular weight excluding hydrogens is 600 g/mol. The van der Waals surface area contributed by atoms with Gasteiger partial charge in [0.15, 0.2) is 11.6 Å². The summed E-state index contributed by atoms with van der Waals surface area (Å²) in [6, 6.07) is 12.9. The van der Waals surface area contributed by atoms with Gasteiger partial charge in [-0.25, -0.2) is 17.7 Å². The zero-order chi connectivity index (χ0) is 31.0. The van der Waals surface area contributed by atoms with Crippen molar-refractivity contribution in [3.05, 3.63) is 59.2 Å². The summed E-state index contributed by atoms with van der Waals surface area (Å²) in [6.45, 7) is 4.86. The molecule has 1 unspecified atom stereocenters. The summed E-state index contributed by atoms with van der Waals surface area (Å²) in [5, 5.41) is 19.4. The molecule has 1 fully saturated rings. The van der Waals surface area contributed by atoms with Crippen molar-refractivity contribution in [2.45, 2.75) is 31.5 Å². The maximum atomic E-state index is 14.2. The molecule has 0 saturated carbocycles. The molecule has 234 valence electrons. The Balaban J connectivity index is 1.95. The molecule has 1 aromatic heterocycles. The van der Waals surface area contributed by atoms with E-state index in [1.165, 1.54) is 23.5 Å². The van der Waals surface area contributed by atoms with E-state index in [2.05, 4.69) is 0 Å². The Morgan fingerprint density at radius 2 is 1.84 bits per heavy atom. The van der Waals surface area contributed by atoms with Crippen LogP contribution in [-0.4, -0.2) is 87.9 Å². The molecule has 4 rings (SSSR count). The van der Waals surface area contributed by atoms with Gasteiger partial charge in [0.25, 0.3) is 10.0 Å². The lowest BCUT2D eigenvalue weighted by atomic mass is 10.2. The number of ether oxygens (including phenoxy) is 4. The van der Waals surface area contributed by atoms with Crippen molar-refractivity contribution in [1.29, 1.82) is 0 Å². The number of methoxy groups -OCH3 is 1. The summed E-state index contributed by atoms with van der Waals surface area (Å²) in [5.41, 5.74) is 0.215. The van der Waals surface area contributed by atoms with Gasteiger partial charge < -0.3 is 34.1 Å². The number of rotatable bonds is 14.